The Hall–Kier alpha value is -1.01. The molecule has 3 N–H and O–H groups in total. The average Bonchev–Trinajstić information content (AvgIpc) is 3.24. The zero-order valence-electron chi connectivity index (χ0n) is 13.4. The van der Waals surface area contributed by atoms with Crippen molar-refractivity contribution in [3.63, 3.8) is 0 Å². The minimum Gasteiger partial charge on any atom is -0.387 e. The van der Waals surface area contributed by atoms with Crippen LogP contribution in [0.15, 0.2) is 0 Å². The lowest BCUT2D eigenvalue weighted by Gasteiger charge is -2.24. The van der Waals surface area contributed by atoms with E-state index in [1.165, 1.54) is 12.8 Å². The first-order valence-corrected chi connectivity index (χ1v) is 8.94. The van der Waals surface area contributed by atoms with Gasteiger partial charge in [0, 0.05) is 30.3 Å². The first kappa shape index (κ1) is 16.4. The van der Waals surface area contributed by atoms with Crippen LogP contribution in [0.5, 0.6) is 0 Å². The van der Waals surface area contributed by atoms with Crippen LogP contribution < -0.4 is 10.6 Å². The van der Waals surface area contributed by atoms with E-state index in [2.05, 4.69) is 27.5 Å². The van der Waals surface area contributed by atoms with Crippen molar-refractivity contribution in [2.45, 2.75) is 45.1 Å². The number of nitrogens with zero attached hydrogens (tertiary/aromatic N) is 2. The van der Waals surface area contributed by atoms with Gasteiger partial charge in [0.1, 0.15) is 17.5 Å². The van der Waals surface area contributed by atoms with Crippen LogP contribution >= 0.6 is 11.8 Å². The maximum Gasteiger partial charge on any atom is 0.136 e. The number of anilines is 2. The molecule has 0 radical (unpaired) electrons. The van der Waals surface area contributed by atoms with E-state index in [-0.39, 0.29) is 0 Å². The molecule has 5 nitrogen and oxygen atoms in total. The topological polar surface area (TPSA) is 70.1 Å². The Morgan fingerprint density at radius 2 is 1.90 bits per heavy atom. The molecule has 0 saturated heterocycles. The highest BCUT2D eigenvalue weighted by Gasteiger charge is 2.28. The quantitative estimate of drug-likeness (QED) is 0.686. The van der Waals surface area contributed by atoms with Gasteiger partial charge in [-0.15, -0.1) is 0 Å². The van der Waals surface area contributed by atoms with Crippen LogP contribution in [0.4, 0.5) is 11.6 Å². The summed E-state index contributed by atoms with van der Waals surface area (Å²) in [6.45, 7) is 7.25. The smallest absolute Gasteiger partial charge is 0.136 e. The molecule has 0 bridgehead atoms. The van der Waals surface area contributed by atoms with Crippen molar-refractivity contribution >= 4 is 23.4 Å². The summed E-state index contributed by atoms with van der Waals surface area (Å²) in [7, 11) is 0. The molecule has 1 saturated carbocycles. The molecule has 6 heteroatoms. The minimum absolute atomic E-state index is 0.487. The van der Waals surface area contributed by atoms with Crippen LogP contribution in [0.1, 0.15) is 44.0 Å². The third kappa shape index (κ3) is 4.48. The second-order valence-electron chi connectivity index (χ2n) is 5.99. The molecule has 0 aromatic carbocycles. The summed E-state index contributed by atoms with van der Waals surface area (Å²) in [6.07, 6.45) is 4.36. The van der Waals surface area contributed by atoms with Gasteiger partial charge in [-0.2, -0.15) is 11.8 Å². The largest absolute Gasteiger partial charge is 0.387 e. The molecular weight excluding hydrogens is 284 g/mol. The van der Waals surface area contributed by atoms with Crippen molar-refractivity contribution < 1.29 is 5.11 Å². The van der Waals surface area contributed by atoms with Crippen molar-refractivity contribution in [2.24, 2.45) is 0 Å². The summed E-state index contributed by atoms with van der Waals surface area (Å²) in [4.78, 5) is 9.30. The fourth-order valence-corrected chi connectivity index (χ4v) is 2.93. The van der Waals surface area contributed by atoms with Gasteiger partial charge in [-0.25, -0.2) is 9.97 Å². The van der Waals surface area contributed by atoms with Crippen molar-refractivity contribution in [3.8, 4) is 0 Å². The molecule has 1 heterocycles. The Morgan fingerprint density at radius 3 is 2.43 bits per heavy atom. The fraction of sp³-hybridized carbons (Fsp3) is 0.733. The van der Waals surface area contributed by atoms with Crippen LogP contribution in [0.2, 0.25) is 0 Å². The maximum absolute atomic E-state index is 10.3. The lowest BCUT2D eigenvalue weighted by atomic mass is 10.1. The zero-order chi connectivity index (χ0) is 15.5. The summed E-state index contributed by atoms with van der Waals surface area (Å²) in [5.41, 5.74) is 0.274. The summed E-state index contributed by atoms with van der Waals surface area (Å²) >= 11 is 1.64. The number of hydrogen-bond acceptors (Lipinski definition) is 6. The van der Waals surface area contributed by atoms with E-state index in [4.69, 9.17) is 0 Å². The average molecular weight is 310 g/mol. The maximum atomic E-state index is 10.3. The second kappa shape index (κ2) is 6.83. The highest BCUT2D eigenvalue weighted by atomic mass is 32.2. The van der Waals surface area contributed by atoms with Gasteiger partial charge in [0.25, 0.3) is 0 Å². The standard InChI is InChI=1S/C15H26N4OS/c1-5-16-12-10(2)13(17-8-15(3,20)9-21-4)19-14(18-12)11-6-7-11/h11,20H,5-9H2,1-4H3,(H2,16,17,18,19). The fourth-order valence-electron chi connectivity index (χ4n) is 2.21. The molecule has 1 aromatic rings. The molecule has 21 heavy (non-hydrogen) atoms. The summed E-state index contributed by atoms with van der Waals surface area (Å²) < 4.78 is 0. The van der Waals surface area contributed by atoms with Crippen LogP contribution in [0, 0.1) is 6.92 Å². The second-order valence-corrected chi connectivity index (χ2v) is 6.86. The predicted molar refractivity (Wildman–Crippen MR) is 90.4 cm³/mol. The molecule has 1 unspecified atom stereocenters. The molecule has 1 fully saturated rings. The highest BCUT2D eigenvalue weighted by molar-refractivity contribution is 7.98. The van der Waals surface area contributed by atoms with Crippen molar-refractivity contribution in [1.29, 1.82) is 0 Å². The van der Waals surface area contributed by atoms with E-state index in [1.807, 2.05) is 20.1 Å². The van der Waals surface area contributed by atoms with Crippen molar-refractivity contribution in [1.82, 2.24) is 9.97 Å². The third-order valence-electron chi connectivity index (χ3n) is 3.54. The first-order chi connectivity index (χ1) is 9.96. The van der Waals surface area contributed by atoms with Crippen molar-refractivity contribution in [2.75, 3.05) is 35.7 Å². The number of nitrogens with one attached hydrogen (secondary N) is 2. The number of thioether (sulfide) groups is 1. The first-order valence-electron chi connectivity index (χ1n) is 7.54. The molecule has 0 spiro atoms. The van der Waals surface area contributed by atoms with E-state index in [9.17, 15) is 5.11 Å². The molecule has 1 aliphatic rings. The third-order valence-corrected chi connectivity index (χ3v) is 4.45. The number of hydrogen-bond donors (Lipinski definition) is 3. The molecule has 0 aliphatic heterocycles. The highest BCUT2D eigenvalue weighted by Crippen LogP contribution is 2.39. The Morgan fingerprint density at radius 1 is 1.29 bits per heavy atom. The van der Waals surface area contributed by atoms with Gasteiger partial charge < -0.3 is 15.7 Å². The summed E-state index contributed by atoms with van der Waals surface area (Å²) in [6, 6.07) is 0. The van der Waals surface area contributed by atoms with Gasteiger partial charge >= 0.3 is 0 Å². The lowest BCUT2D eigenvalue weighted by Crippen LogP contribution is -2.36. The van der Waals surface area contributed by atoms with Crippen LogP contribution in [-0.4, -0.2) is 45.8 Å². The lowest BCUT2D eigenvalue weighted by molar-refractivity contribution is 0.0996. The monoisotopic (exact) mass is 310 g/mol. The molecular formula is C15H26N4OS. The van der Waals surface area contributed by atoms with Crippen molar-refractivity contribution in [3.05, 3.63) is 11.4 Å². The van der Waals surface area contributed by atoms with Gasteiger partial charge in [0.2, 0.25) is 0 Å². The molecule has 1 atom stereocenters. The van der Waals surface area contributed by atoms with Crippen LogP contribution in [-0.2, 0) is 0 Å². The van der Waals surface area contributed by atoms with Crippen LogP contribution in [0.3, 0.4) is 0 Å². The zero-order valence-corrected chi connectivity index (χ0v) is 14.2. The minimum atomic E-state index is -0.741. The van der Waals surface area contributed by atoms with Crippen LogP contribution in [0.25, 0.3) is 0 Å². The molecule has 1 aliphatic carbocycles. The summed E-state index contributed by atoms with van der Waals surface area (Å²) in [5.74, 6) is 3.86. The predicted octanol–water partition coefficient (Wildman–Crippen LogP) is 2.62. The Balaban J connectivity index is 2.16. The van der Waals surface area contributed by atoms with Gasteiger partial charge in [-0.3, -0.25) is 0 Å². The summed E-state index contributed by atoms with van der Waals surface area (Å²) in [5, 5.41) is 16.9. The van der Waals surface area contributed by atoms with E-state index in [1.54, 1.807) is 11.8 Å². The SMILES string of the molecule is CCNc1nc(C2CC2)nc(NCC(C)(O)CSC)c1C. The normalized spacial score (nSPS) is 17.4. The number of aliphatic hydroxyl groups is 1. The molecule has 2 rings (SSSR count). The van der Waals surface area contributed by atoms with E-state index in [0.29, 0.717) is 18.2 Å². The molecule has 118 valence electrons. The number of aromatic nitrogens is 2. The van der Waals surface area contributed by atoms with Gasteiger partial charge in [0.05, 0.1) is 5.60 Å². The molecule has 1 aromatic heterocycles. The Kier molecular flexibility index (Phi) is 5.32. The number of rotatable bonds is 8. The Labute approximate surface area is 131 Å². The Bertz CT molecular complexity index is 489. The molecule has 0 amide bonds. The van der Waals surface area contributed by atoms with E-state index >= 15 is 0 Å². The van der Waals surface area contributed by atoms with Gasteiger partial charge in [-0.05, 0) is 39.9 Å². The van der Waals surface area contributed by atoms with E-state index in [0.717, 1.165) is 29.6 Å². The van der Waals surface area contributed by atoms with Gasteiger partial charge in [-0.1, -0.05) is 0 Å². The van der Waals surface area contributed by atoms with Gasteiger partial charge in [0.15, 0.2) is 0 Å². The van der Waals surface area contributed by atoms with E-state index < -0.39 is 5.60 Å².